The van der Waals surface area contributed by atoms with Crippen LogP contribution in [0.5, 0.6) is 0 Å². The predicted molar refractivity (Wildman–Crippen MR) is 108 cm³/mol. The molecule has 2 N–H and O–H groups in total. The van der Waals surface area contributed by atoms with Gasteiger partial charge in [-0.15, -0.1) is 0 Å². The van der Waals surface area contributed by atoms with Gasteiger partial charge in [0.05, 0.1) is 11.3 Å². The fraction of sp³-hybridized carbons (Fsp3) is 0.875. The normalized spacial score (nSPS) is 50.7. The second-order valence-electron chi connectivity index (χ2n) is 11.4. The topological polar surface area (TPSA) is 66.5 Å². The van der Waals surface area contributed by atoms with E-state index in [1.165, 1.54) is 44.9 Å². The maximum Gasteiger partial charge on any atom is 0.162 e. The molecule has 0 saturated heterocycles. The molecule has 4 heteroatoms. The molecule has 28 heavy (non-hydrogen) atoms. The third kappa shape index (κ3) is 2.66. The summed E-state index contributed by atoms with van der Waals surface area (Å²) < 4.78 is 5.34. The van der Waals surface area contributed by atoms with Gasteiger partial charge in [-0.2, -0.15) is 0 Å². The van der Waals surface area contributed by atoms with Crippen molar-refractivity contribution in [3.63, 3.8) is 0 Å². The number of aliphatic hydroxyl groups excluding tert-OH is 1. The quantitative estimate of drug-likeness (QED) is 0.746. The van der Waals surface area contributed by atoms with Gasteiger partial charge in [0, 0.05) is 12.0 Å². The van der Waals surface area contributed by atoms with Gasteiger partial charge < -0.3 is 14.7 Å². The highest BCUT2D eigenvalue weighted by atomic mass is 16.5. The highest BCUT2D eigenvalue weighted by Gasteiger charge is 2.61. The van der Waals surface area contributed by atoms with Gasteiger partial charge in [-0.3, -0.25) is 0 Å². The highest BCUT2D eigenvalue weighted by molar-refractivity contribution is 5.20. The monoisotopic (exact) mass is 387 g/mol. The first-order valence-corrected chi connectivity index (χ1v) is 11.6. The Kier molecular flexibility index (Phi) is 4.31. The van der Waals surface area contributed by atoms with Crippen molar-refractivity contribution in [1.29, 1.82) is 0 Å². The van der Waals surface area contributed by atoms with Crippen LogP contribution < -0.4 is 0 Å². The summed E-state index contributed by atoms with van der Waals surface area (Å²) >= 11 is 0. The van der Waals surface area contributed by atoms with Crippen molar-refractivity contribution < 1.29 is 14.7 Å². The second kappa shape index (κ2) is 6.31. The molecule has 0 spiro atoms. The van der Waals surface area contributed by atoms with Crippen LogP contribution in [0.25, 0.3) is 0 Å². The van der Waals surface area contributed by atoms with Crippen LogP contribution in [-0.4, -0.2) is 21.0 Å². The molecule has 5 rings (SSSR count). The Morgan fingerprint density at radius 2 is 1.79 bits per heavy atom. The minimum atomic E-state index is -0.448. The number of aliphatic hydroxyl groups is 2. The zero-order valence-electron chi connectivity index (χ0n) is 17.8. The SMILES string of the molecule is C[C@@]1(O)CC[C@@]2(C)C(CC[C@@H]3C2CC[C@]2(C)[C@@H](c4cc(CO)on4)CC[C@@H]32)C1. The van der Waals surface area contributed by atoms with Gasteiger partial charge in [0.2, 0.25) is 0 Å². The van der Waals surface area contributed by atoms with Gasteiger partial charge in [0.15, 0.2) is 5.76 Å². The summed E-state index contributed by atoms with van der Waals surface area (Å²) in [5, 5.41) is 24.4. The smallest absolute Gasteiger partial charge is 0.162 e. The lowest BCUT2D eigenvalue weighted by molar-refractivity contribution is -0.143. The first kappa shape index (κ1) is 19.1. The third-order valence-corrected chi connectivity index (χ3v) is 10.0. The molecule has 8 atom stereocenters. The standard InChI is InChI=1S/C24H37NO3/c1-22(27)10-11-23(2)15(13-22)4-5-17-18-6-7-20(21-12-16(14-26)28-25-21)24(18,3)9-8-19(17)23/h12,15,17-20,26-27H,4-11,13-14H2,1-3H3/t15?,17-,18-,19?,20+,22+,23-,24-/m0/s1. The van der Waals surface area contributed by atoms with Crippen molar-refractivity contribution in [2.75, 3.05) is 0 Å². The van der Waals surface area contributed by atoms with Gasteiger partial charge in [0.25, 0.3) is 0 Å². The minimum Gasteiger partial charge on any atom is -0.390 e. The van der Waals surface area contributed by atoms with E-state index < -0.39 is 5.60 Å². The number of hydrogen-bond donors (Lipinski definition) is 2. The van der Waals surface area contributed by atoms with Gasteiger partial charge >= 0.3 is 0 Å². The molecular weight excluding hydrogens is 350 g/mol. The average Bonchev–Trinajstić information content (AvgIpc) is 3.25. The molecule has 4 saturated carbocycles. The summed E-state index contributed by atoms with van der Waals surface area (Å²) in [7, 11) is 0. The van der Waals surface area contributed by atoms with E-state index in [4.69, 9.17) is 4.52 Å². The fourth-order valence-electron chi connectivity index (χ4n) is 8.48. The van der Waals surface area contributed by atoms with Crippen LogP contribution in [0.2, 0.25) is 0 Å². The van der Waals surface area contributed by atoms with Crippen molar-refractivity contribution in [2.24, 2.45) is 34.5 Å². The number of hydrogen-bond acceptors (Lipinski definition) is 4. The molecular formula is C24H37NO3. The summed E-state index contributed by atoms with van der Waals surface area (Å²) in [6, 6.07) is 1.99. The molecule has 0 aromatic carbocycles. The first-order chi connectivity index (χ1) is 13.3. The zero-order valence-corrected chi connectivity index (χ0v) is 17.8. The summed E-state index contributed by atoms with van der Waals surface area (Å²) in [5.74, 6) is 4.20. The number of fused-ring (bicyclic) bond motifs is 5. The van der Waals surface area contributed by atoms with E-state index in [0.29, 0.717) is 28.4 Å². The number of rotatable bonds is 2. The Morgan fingerprint density at radius 1 is 1.00 bits per heavy atom. The Hall–Kier alpha value is -0.870. The zero-order chi connectivity index (χ0) is 19.7. The molecule has 0 aliphatic heterocycles. The van der Waals surface area contributed by atoms with Crippen molar-refractivity contribution in [3.8, 4) is 0 Å². The molecule has 1 aromatic rings. The van der Waals surface area contributed by atoms with E-state index in [2.05, 4.69) is 25.9 Å². The Bertz CT molecular complexity index is 742. The molecule has 0 bridgehead atoms. The molecule has 4 aliphatic carbocycles. The van der Waals surface area contributed by atoms with Crippen molar-refractivity contribution >= 4 is 0 Å². The first-order valence-electron chi connectivity index (χ1n) is 11.6. The predicted octanol–water partition coefficient (Wildman–Crippen LogP) is 5.04. The maximum absolute atomic E-state index is 10.7. The molecule has 1 heterocycles. The van der Waals surface area contributed by atoms with Crippen LogP contribution >= 0.6 is 0 Å². The average molecular weight is 388 g/mol. The molecule has 4 fully saturated rings. The summed E-state index contributed by atoms with van der Waals surface area (Å²) in [4.78, 5) is 0. The van der Waals surface area contributed by atoms with Gasteiger partial charge in [-0.25, -0.2) is 0 Å². The summed E-state index contributed by atoms with van der Waals surface area (Å²) in [6.45, 7) is 7.06. The number of nitrogens with zero attached hydrogens (tertiary/aromatic N) is 1. The molecule has 156 valence electrons. The van der Waals surface area contributed by atoms with Crippen LogP contribution in [0.1, 0.15) is 95.9 Å². The second-order valence-corrected chi connectivity index (χ2v) is 11.4. The van der Waals surface area contributed by atoms with Crippen LogP contribution in [-0.2, 0) is 6.61 Å². The van der Waals surface area contributed by atoms with E-state index >= 15 is 0 Å². The van der Waals surface area contributed by atoms with Crippen LogP contribution in [0.3, 0.4) is 0 Å². The molecule has 0 radical (unpaired) electrons. The van der Waals surface area contributed by atoms with Gasteiger partial charge in [-0.05, 0) is 99.2 Å². The Morgan fingerprint density at radius 3 is 2.54 bits per heavy atom. The largest absolute Gasteiger partial charge is 0.390 e. The van der Waals surface area contributed by atoms with E-state index in [0.717, 1.165) is 36.3 Å². The van der Waals surface area contributed by atoms with Crippen LogP contribution in [0.15, 0.2) is 10.6 Å². The van der Waals surface area contributed by atoms with Crippen molar-refractivity contribution in [1.82, 2.24) is 5.16 Å². The van der Waals surface area contributed by atoms with Gasteiger partial charge in [0.1, 0.15) is 6.61 Å². The molecule has 1 aromatic heterocycles. The van der Waals surface area contributed by atoms with E-state index in [1.807, 2.05) is 6.07 Å². The van der Waals surface area contributed by atoms with Gasteiger partial charge in [-0.1, -0.05) is 19.0 Å². The third-order valence-electron chi connectivity index (χ3n) is 10.0. The minimum absolute atomic E-state index is 0.0614. The lowest BCUT2D eigenvalue weighted by atomic mass is 9.44. The lowest BCUT2D eigenvalue weighted by Gasteiger charge is -2.61. The Balaban J connectivity index is 1.41. The van der Waals surface area contributed by atoms with Crippen LogP contribution in [0, 0.1) is 34.5 Å². The fourth-order valence-corrected chi connectivity index (χ4v) is 8.48. The molecule has 4 aliphatic rings. The lowest BCUT2D eigenvalue weighted by Crippen LogP contribution is -2.55. The van der Waals surface area contributed by atoms with E-state index in [1.54, 1.807) is 0 Å². The van der Waals surface area contributed by atoms with E-state index in [9.17, 15) is 10.2 Å². The Labute approximate surface area is 169 Å². The molecule has 2 unspecified atom stereocenters. The molecule has 4 nitrogen and oxygen atoms in total. The summed E-state index contributed by atoms with van der Waals surface area (Å²) in [6.07, 6.45) is 10.9. The highest BCUT2D eigenvalue weighted by Crippen LogP contribution is 2.69. The van der Waals surface area contributed by atoms with Crippen molar-refractivity contribution in [3.05, 3.63) is 17.5 Å². The van der Waals surface area contributed by atoms with Crippen LogP contribution in [0.4, 0.5) is 0 Å². The molecule has 0 amide bonds. The van der Waals surface area contributed by atoms with Crippen molar-refractivity contribution in [2.45, 2.75) is 96.7 Å². The summed E-state index contributed by atoms with van der Waals surface area (Å²) in [5.41, 5.74) is 1.35. The number of aromatic nitrogens is 1. The van der Waals surface area contributed by atoms with E-state index in [-0.39, 0.29) is 6.61 Å². The maximum atomic E-state index is 10.7.